The number of rotatable bonds is 4. The van der Waals surface area contributed by atoms with Crippen LogP contribution in [0.15, 0.2) is 46.3 Å². The Labute approximate surface area is 206 Å². The Morgan fingerprint density at radius 3 is 2.64 bits per heavy atom. The van der Waals surface area contributed by atoms with Crippen LogP contribution >= 0.6 is 34.5 Å². The number of thiazole rings is 1. The molecule has 33 heavy (non-hydrogen) atoms. The summed E-state index contributed by atoms with van der Waals surface area (Å²) in [7, 11) is -3.60. The van der Waals surface area contributed by atoms with Gasteiger partial charge in [0.05, 0.1) is 31.7 Å². The maximum absolute atomic E-state index is 13.0. The second-order valence-corrected chi connectivity index (χ2v) is 11.7. The Balaban J connectivity index is 1.67. The first-order chi connectivity index (χ1) is 15.7. The number of sulfonamides is 1. The zero-order valence-corrected chi connectivity index (χ0v) is 20.9. The van der Waals surface area contributed by atoms with Crippen LogP contribution in [0.2, 0.25) is 10.0 Å². The number of terminal acetylenes is 1. The molecule has 172 valence electrons. The van der Waals surface area contributed by atoms with Crippen LogP contribution in [-0.4, -0.2) is 36.3 Å². The van der Waals surface area contributed by atoms with Crippen molar-refractivity contribution in [2.24, 2.45) is 10.9 Å². The zero-order valence-electron chi connectivity index (χ0n) is 17.8. The number of hydrogen-bond acceptors (Lipinski definition) is 4. The van der Waals surface area contributed by atoms with E-state index in [1.807, 2.05) is 6.92 Å². The summed E-state index contributed by atoms with van der Waals surface area (Å²) in [6.07, 6.45) is 7.38. The molecule has 0 aliphatic carbocycles. The molecule has 0 saturated carbocycles. The van der Waals surface area contributed by atoms with Crippen LogP contribution < -0.4 is 4.80 Å². The van der Waals surface area contributed by atoms with Gasteiger partial charge in [0.2, 0.25) is 10.0 Å². The molecule has 1 saturated heterocycles. The van der Waals surface area contributed by atoms with Gasteiger partial charge in [0.25, 0.3) is 5.91 Å². The van der Waals surface area contributed by atoms with Crippen molar-refractivity contribution < 1.29 is 13.2 Å². The SMILES string of the molecule is C#CCn1c(=NC(=O)c2ccc(S(=O)(=O)N3CCCC(C)C3)cc2)sc2ccc(Cl)c(Cl)c21. The fourth-order valence-corrected chi connectivity index (χ4v) is 6.97. The quantitative estimate of drug-likeness (QED) is 0.462. The van der Waals surface area contributed by atoms with Crippen molar-refractivity contribution in [1.29, 1.82) is 0 Å². The Morgan fingerprint density at radius 1 is 1.24 bits per heavy atom. The van der Waals surface area contributed by atoms with E-state index in [-0.39, 0.29) is 17.0 Å². The number of aromatic nitrogens is 1. The second-order valence-electron chi connectivity index (χ2n) is 7.93. The number of piperidine rings is 1. The highest BCUT2D eigenvalue weighted by Crippen LogP contribution is 2.32. The van der Waals surface area contributed by atoms with Gasteiger partial charge in [-0.15, -0.1) is 6.42 Å². The predicted molar refractivity (Wildman–Crippen MR) is 132 cm³/mol. The predicted octanol–water partition coefficient (Wildman–Crippen LogP) is 4.80. The van der Waals surface area contributed by atoms with Gasteiger partial charge in [-0.25, -0.2) is 8.42 Å². The molecule has 1 aromatic heterocycles. The Morgan fingerprint density at radius 2 is 1.97 bits per heavy atom. The lowest BCUT2D eigenvalue weighted by atomic mass is 10.0. The summed E-state index contributed by atoms with van der Waals surface area (Å²) in [5, 5.41) is 0.724. The smallest absolute Gasteiger partial charge is 0.279 e. The first kappa shape index (κ1) is 24.0. The summed E-state index contributed by atoms with van der Waals surface area (Å²) in [6, 6.07) is 9.34. The molecule has 6 nitrogen and oxygen atoms in total. The molecular formula is C23H21Cl2N3O3S2. The van der Waals surface area contributed by atoms with Crippen molar-refractivity contribution in [2.75, 3.05) is 13.1 Å². The molecule has 1 atom stereocenters. The van der Waals surface area contributed by atoms with E-state index >= 15 is 0 Å². The third-order valence-corrected chi connectivity index (χ3v) is 9.26. The number of fused-ring (bicyclic) bond motifs is 1. The third-order valence-electron chi connectivity index (χ3n) is 5.54. The van der Waals surface area contributed by atoms with Gasteiger partial charge in [-0.05, 0) is 55.2 Å². The monoisotopic (exact) mass is 521 g/mol. The molecule has 1 aliphatic heterocycles. The zero-order chi connectivity index (χ0) is 23.8. The molecule has 2 heterocycles. The van der Waals surface area contributed by atoms with Gasteiger partial charge in [-0.2, -0.15) is 9.30 Å². The molecule has 10 heteroatoms. The molecule has 3 aromatic rings. The number of hydrogen-bond donors (Lipinski definition) is 0. The minimum atomic E-state index is -3.60. The van der Waals surface area contributed by atoms with E-state index in [4.69, 9.17) is 29.6 Å². The van der Waals surface area contributed by atoms with Gasteiger partial charge >= 0.3 is 0 Å². The van der Waals surface area contributed by atoms with Crippen LogP contribution in [0.4, 0.5) is 0 Å². The highest BCUT2D eigenvalue weighted by Gasteiger charge is 2.28. The number of amides is 1. The van der Waals surface area contributed by atoms with E-state index < -0.39 is 15.9 Å². The van der Waals surface area contributed by atoms with Crippen molar-refractivity contribution in [3.05, 3.63) is 56.8 Å². The van der Waals surface area contributed by atoms with Crippen LogP contribution in [0.3, 0.4) is 0 Å². The van der Waals surface area contributed by atoms with Gasteiger partial charge in [0.15, 0.2) is 4.80 Å². The topological polar surface area (TPSA) is 71.7 Å². The highest BCUT2D eigenvalue weighted by atomic mass is 35.5. The molecule has 2 aromatic carbocycles. The van der Waals surface area contributed by atoms with Crippen molar-refractivity contribution >= 4 is 60.7 Å². The van der Waals surface area contributed by atoms with Gasteiger partial charge < -0.3 is 4.57 Å². The van der Waals surface area contributed by atoms with E-state index in [0.717, 1.165) is 17.5 Å². The van der Waals surface area contributed by atoms with E-state index in [1.54, 1.807) is 16.7 Å². The average molecular weight is 522 g/mol. The Bertz CT molecular complexity index is 1430. The van der Waals surface area contributed by atoms with Crippen molar-refractivity contribution in [3.63, 3.8) is 0 Å². The normalized spacial score (nSPS) is 17.9. The van der Waals surface area contributed by atoms with Crippen LogP contribution in [-0.2, 0) is 16.6 Å². The molecule has 0 bridgehead atoms. The number of carbonyl (C=O) groups is 1. The minimum absolute atomic E-state index is 0.164. The summed E-state index contributed by atoms with van der Waals surface area (Å²) in [4.78, 5) is 17.6. The summed E-state index contributed by atoms with van der Waals surface area (Å²) in [5.41, 5.74) is 0.894. The average Bonchev–Trinajstić information content (AvgIpc) is 3.14. The van der Waals surface area contributed by atoms with Crippen LogP contribution in [0.5, 0.6) is 0 Å². The number of halogens is 2. The lowest BCUT2D eigenvalue weighted by molar-refractivity contribution is 0.0998. The van der Waals surface area contributed by atoms with E-state index in [2.05, 4.69) is 10.9 Å². The fourth-order valence-electron chi connectivity index (χ4n) is 3.86. The molecule has 1 aliphatic rings. The minimum Gasteiger partial charge on any atom is -0.303 e. The lowest BCUT2D eigenvalue weighted by Crippen LogP contribution is -2.39. The first-order valence-electron chi connectivity index (χ1n) is 10.3. The van der Waals surface area contributed by atoms with E-state index in [0.29, 0.717) is 39.4 Å². The van der Waals surface area contributed by atoms with Crippen molar-refractivity contribution in [3.8, 4) is 12.3 Å². The van der Waals surface area contributed by atoms with Crippen molar-refractivity contribution in [1.82, 2.24) is 8.87 Å². The number of benzene rings is 2. The van der Waals surface area contributed by atoms with Gasteiger partial charge in [0, 0.05) is 18.7 Å². The standard InChI is InChI=1S/C23H21Cl2N3O3S2/c1-3-12-28-21-19(11-10-18(24)20(21)25)32-23(28)26-22(29)16-6-8-17(9-7-16)33(30,31)27-13-4-5-15(2)14-27/h1,6-11,15H,4-5,12-14H2,2H3. The summed E-state index contributed by atoms with van der Waals surface area (Å²) in [6.45, 7) is 3.23. The van der Waals surface area contributed by atoms with Gasteiger partial charge in [-0.3, -0.25) is 4.79 Å². The first-order valence-corrected chi connectivity index (χ1v) is 13.3. The lowest BCUT2D eigenvalue weighted by Gasteiger charge is -2.30. The summed E-state index contributed by atoms with van der Waals surface area (Å²) < 4.78 is 29.9. The molecule has 4 rings (SSSR count). The molecular weight excluding hydrogens is 501 g/mol. The van der Waals surface area contributed by atoms with Crippen LogP contribution in [0.1, 0.15) is 30.1 Å². The second kappa shape index (κ2) is 9.61. The molecule has 0 radical (unpaired) electrons. The van der Waals surface area contributed by atoms with E-state index in [9.17, 15) is 13.2 Å². The molecule has 0 N–H and O–H groups in total. The van der Waals surface area contributed by atoms with Crippen molar-refractivity contribution in [2.45, 2.75) is 31.2 Å². The summed E-state index contributed by atoms with van der Waals surface area (Å²) >= 11 is 13.8. The summed E-state index contributed by atoms with van der Waals surface area (Å²) in [5.74, 6) is 2.36. The fraction of sp³-hybridized carbons (Fsp3) is 0.304. The Hall–Kier alpha value is -2.15. The van der Waals surface area contributed by atoms with Gasteiger partial charge in [-0.1, -0.05) is 47.4 Å². The van der Waals surface area contributed by atoms with E-state index in [1.165, 1.54) is 39.9 Å². The number of carbonyl (C=O) groups excluding carboxylic acids is 1. The Kier molecular flexibility index (Phi) is 6.99. The number of nitrogens with zero attached hydrogens (tertiary/aromatic N) is 3. The maximum Gasteiger partial charge on any atom is 0.279 e. The van der Waals surface area contributed by atoms with Crippen LogP contribution in [0.25, 0.3) is 10.2 Å². The van der Waals surface area contributed by atoms with Crippen LogP contribution in [0, 0.1) is 18.3 Å². The third kappa shape index (κ3) is 4.75. The highest BCUT2D eigenvalue weighted by molar-refractivity contribution is 7.89. The largest absolute Gasteiger partial charge is 0.303 e. The molecule has 0 spiro atoms. The maximum atomic E-state index is 13.0. The molecule has 1 amide bonds. The molecule has 1 fully saturated rings. The molecule has 1 unspecified atom stereocenters. The van der Waals surface area contributed by atoms with Gasteiger partial charge in [0.1, 0.15) is 0 Å².